The van der Waals surface area contributed by atoms with Crippen LogP contribution in [0.15, 0.2) is 30.6 Å². The predicted octanol–water partition coefficient (Wildman–Crippen LogP) is 0.421. The van der Waals surface area contributed by atoms with Crippen molar-refractivity contribution in [3.8, 4) is 11.5 Å². The van der Waals surface area contributed by atoms with Crippen LogP contribution in [0.5, 0.6) is 11.5 Å². The van der Waals surface area contributed by atoms with Crippen molar-refractivity contribution in [3.63, 3.8) is 0 Å². The molecular weight excluding hydrogens is 274 g/mol. The molecule has 21 heavy (non-hydrogen) atoms. The smallest absolute Gasteiger partial charge is 0.271 e. The summed E-state index contributed by atoms with van der Waals surface area (Å²) in [6.45, 7) is 0.567. The second-order valence-electron chi connectivity index (χ2n) is 4.30. The maximum absolute atomic E-state index is 12.0. The Bertz CT molecular complexity index is 677. The second-order valence-corrected chi connectivity index (χ2v) is 4.30. The van der Waals surface area contributed by atoms with Crippen LogP contribution in [0, 0.1) is 0 Å². The predicted molar refractivity (Wildman–Crippen MR) is 73.6 cm³/mol. The van der Waals surface area contributed by atoms with Crippen LogP contribution in [0.25, 0.3) is 0 Å². The van der Waals surface area contributed by atoms with Crippen molar-refractivity contribution in [1.29, 1.82) is 0 Å². The summed E-state index contributed by atoms with van der Waals surface area (Å²) in [4.78, 5) is 19.9. The summed E-state index contributed by atoms with van der Waals surface area (Å²) < 4.78 is 10.5. The molecule has 1 amide bonds. The molecule has 0 atom stereocenters. The van der Waals surface area contributed by atoms with Crippen LogP contribution in [0.3, 0.4) is 0 Å². The molecule has 0 bridgehead atoms. The molecule has 1 aromatic heterocycles. The fraction of sp³-hybridized carbons (Fsp3) is 0.154. The van der Waals surface area contributed by atoms with E-state index >= 15 is 0 Å². The summed E-state index contributed by atoms with van der Waals surface area (Å²) in [5.74, 6) is 6.60. The molecule has 1 aliphatic rings. The van der Waals surface area contributed by atoms with E-state index in [1.165, 1.54) is 12.4 Å². The highest BCUT2D eigenvalue weighted by atomic mass is 16.7. The number of carbonyl (C=O) groups is 1. The van der Waals surface area contributed by atoms with E-state index < -0.39 is 0 Å². The third kappa shape index (κ3) is 2.84. The topological polar surface area (TPSA) is 111 Å². The maximum Gasteiger partial charge on any atom is 0.271 e. The van der Waals surface area contributed by atoms with Gasteiger partial charge >= 0.3 is 0 Å². The number of rotatable bonds is 4. The SMILES string of the molecule is NNc1cncc(C(=O)NCc2ccc3c(c2)OCO3)n1. The molecule has 0 saturated carbocycles. The van der Waals surface area contributed by atoms with E-state index in [-0.39, 0.29) is 18.4 Å². The quantitative estimate of drug-likeness (QED) is 0.552. The minimum Gasteiger partial charge on any atom is -0.454 e. The molecule has 3 rings (SSSR count). The minimum atomic E-state index is -0.336. The third-order valence-electron chi connectivity index (χ3n) is 2.91. The van der Waals surface area contributed by atoms with Crippen LogP contribution in [0.1, 0.15) is 16.1 Å². The number of ether oxygens (including phenoxy) is 2. The number of hydrazine groups is 1. The molecule has 0 saturated heterocycles. The lowest BCUT2D eigenvalue weighted by atomic mass is 10.2. The van der Waals surface area contributed by atoms with Crippen LogP contribution in [-0.4, -0.2) is 22.7 Å². The van der Waals surface area contributed by atoms with Crippen LogP contribution in [0.4, 0.5) is 5.82 Å². The van der Waals surface area contributed by atoms with Crippen molar-refractivity contribution in [2.24, 2.45) is 5.84 Å². The van der Waals surface area contributed by atoms with Gasteiger partial charge in [0.25, 0.3) is 5.91 Å². The number of nitrogens with one attached hydrogen (secondary N) is 2. The van der Waals surface area contributed by atoms with Crippen molar-refractivity contribution < 1.29 is 14.3 Å². The number of aromatic nitrogens is 2. The van der Waals surface area contributed by atoms with Gasteiger partial charge in [-0.25, -0.2) is 10.8 Å². The lowest BCUT2D eigenvalue weighted by Gasteiger charge is -2.06. The van der Waals surface area contributed by atoms with Gasteiger partial charge in [0.15, 0.2) is 17.3 Å². The summed E-state index contributed by atoms with van der Waals surface area (Å²) in [5.41, 5.74) is 3.42. The first-order chi connectivity index (χ1) is 10.3. The normalized spacial score (nSPS) is 12.0. The van der Waals surface area contributed by atoms with Crippen LogP contribution >= 0.6 is 0 Å². The largest absolute Gasteiger partial charge is 0.454 e. The standard InChI is InChI=1S/C13H13N5O3/c14-18-12-6-15-5-9(17-12)13(19)16-4-8-1-2-10-11(3-8)21-7-20-10/h1-3,5-6H,4,7,14H2,(H,16,19)(H,17,18). The molecule has 1 aromatic carbocycles. The Morgan fingerprint density at radius 2 is 2.14 bits per heavy atom. The van der Waals surface area contributed by atoms with E-state index in [0.717, 1.165) is 5.56 Å². The van der Waals surface area contributed by atoms with Crippen molar-refractivity contribution >= 4 is 11.7 Å². The number of amides is 1. The van der Waals surface area contributed by atoms with Gasteiger partial charge in [0, 0.05) is 6.54 Å². The van der Waals surface area contributed by atoms with E-state index in [0.29, 0.717) is 23.9 Å². The summed E-state index contributed by atoms with van der Waals surface area (Å²) in [6, 6.07) is 5.49. The minimum absolute atomic E-state index is 0.186. The lowest BCUT2D eigenvalue weighted by molar-refractivity contribution is 0.0945. The molecule has 8 nitrogen and oxygen atoms in total. The zero-order valence-electron chi connectivity index (χ0n) is 11.0. The van der Waals surface area contributed by atoms with Crippen LogP contribution < -0.4 is 26.1 Å². The van der Waals surface area contributed by atoms with Gasteiger partial charge in [-0.1, -0.05) is 6.07 Å². The Hall–Kier alpha value is -2.87. The van der Waals surface area contributed by atoms with Crippen molar-refractivity contribution in [3.05, 3.63) is 41.9 Å². The first kappa shape index (κ1) is 13.1. The van der Waals surface area contributed by atoms with Gasteiger partial charge in [-0.2, -0.15) is 0 Å². The van der Waals surface area contributed by atoms with E-state index in [1.807, 2.05) is 18.2 Å². The Morgan fingerprint density at radius 3 is 3.00 bits per heavy atom. The summed E-state index contributed by atoms with van der Waals surface area (Å²) >= 11 is 0. The van der Waals surface area contributed by atoms with E-state index in [2.05, 4.69) is 20.7 Å². The Morgan fingerprint density at radius 1 is 1.29 bits per heavy atom. The molecule has 2 aromatic rings. The number of anilines is 1. The highest BCUT2D eigenvalue weighted by Gasteiger charge is 2.14. The van der Waals surface area contributed by atoms with Gasteiger partial charge in [0.2, 0.25) is 6.79 Å². The first-order valence-electron chi connectivity index (χ1n) is 6.21. The fourth-order valence-electron chi connectivity index (χ4n) is 1.87. The lowest BCUT2D eigenvalue weighted by Crippen LogP contribution is -2.24. The number of benzene rings is 1. The molecule has 1 aliphatic heterocycles. The molecular formula is C13H13N5O3. The summed E-state index contributed by atoms with van der Waals surface area (Å²) in [6.07, 6.45) is 2.80. The van der Waals surface area contributed by atoms with Gasteiger partial charge in [0.05, 0.1) is 12.4 Å². The molecule has 108 valence electrons. The number of hydrogen-bond donors (Lipinski definition) is 3. The van der Waals surface area contributed by atoms with Crippen LogP contribution in [0.2, 0.25) is 0 Å². The fourth-order valence-corrected chi connectivity index (χ4v) is 1.87. The van der Waals surface area contributed by atoms with E-state index in [4.69, 9.17) is 15.3 Å². The highest BCUT2D eigenvalue weighted by molar-refractivity contribution is 5.92. The van der Waals surface area contributed by atoms with Gasteiger partial charge < -0.3 is 20.2 Å². The second kappa shape index (κ2) is 5.63. The number of nitrogens with two attached hydrogens (primary N) is 1. The number of hydrogen-bond acceptors (Lipinski definition) is 7. The first-order valence-corrected chi connectivity index (χ1v) is 6.21. The molecule has 0 spiro atoms. The zero-order valence-corrected chi connectivity index (χ0v) is 11.0. The Kier molecular flexibility index (Phi) is 3.52. The molecule has 0 fully saturated rings. The number of nitrogens with zero attached hydrogens (tertiary/aromatic N) is 2. The third-order valence-corrected chi connectivity index (χ3v) is 2.91. The number of nitrogen functional groups attached to an aromatic ring is 1. The molecule has 0 unspecified atom stereocenters. The monoisotopic (exact) mass is 287 g/mol. The highest BCUT2D eigenvalue weighted by Crippen LogP contribution is 2.32. The number of carbonyl (C=O) groups excluding carboxylic acids is 1. The average molecular weight is 287 g/mol. The molecule has 4 N–H and O–H groups in total. The van der Waals surface area contributed by atoms with Crippen molar-refractivity contribution in [2.45, 2.75) is 6.54 Å². The zero-order chi connectivity index (χ0) is 14.7. The van der Waals surface area contributed by atoms with Crippen molar-refractivity contribution in [2.75, 3.05) is 12.2 Å². The molecule has 0 radical (unpaired) electrons. The summed E-state index contributed by atoms with van der Waals surface area (Å²) in [7, 11) is 0. The summed E-state index contributed by atoms with van der Waals surface area (Å²) in [5, 5.41) is 2.75. The van der Waals surface area contributed by atoms with Gasteiger partial charge in [-0.05, 0) is 17.7 Å². The van der Waals surface area contributed by atoms with Crippen LogP contribution in [-0.2, 0) is 6.54 Å². The van der Waals surface area contributed by atoms with E-state index in [1.54, 1.807) is 0 Å². The van der Waals surface area contributed by atoms with Crippen molar-refractivity contribution in [1.82, 2.24) is 15.3 Å². The maximum atomic E-state index is 12.0. The van der Waals surface area contributed by atoms with Gasteiger partial charge in [-0.3, -0.25) is 9.78 Å². The molecule has 2 heterocycles. The average Bonchev–Trinajstić information content (AvgIpc) is 3.00. The van der Waals surface area contributed by atoms with Gasteiger partial charge in [-0.15, -0.1) is 0 Å². The van der Waals surface area contributed by atoms with Gasteiger partial charge in [0.1, 0.15) is 5.69 Å². The number of fused-ring (bicyclic) bond motifs is 1. The van der Waals surface area contributed by atoms with E-state index in [9.17, 15) is 4.79 Å². The molecule has 8 heteroatoms. The Labute approximate surface area is 120 Å². The Balaban J connectivity index is 1.65. The molecule has 0 aliphatic carbocycles.